The van der Waals surface area contributed by atoms with E-state index in [0.29, 0.717) is 0 Å². The molecule has 0 fully saturated rings. The molecule has 0 saturated carbocycles. The van der Waals surface area contributed by atoms with E-state index in [9.17, 15) is 4.79 Å². The summed E-state index contributed by atoms with van der Waals surface area (Å²) in [6.07, 6.45) is 10.7. The Labute approximate surface area is 113 Å². The number of carbonyl (C=O) groups is 1. The Hall–Kier alpha value is -1.71. The summed E-state index contributed by atoms with van der Waals surface area (Å²) in [5.74, 6) is 1.35. The van der Waals surface area contributed by atoms with Crippen LogP contribution in [-0.4, -0.2) is 18.9 Å². The Morgan fingerprint density at radius 2 is 1.95 bits per heavy atom. The minimum Gasteiger partial charge on any atom is -0.490 e. The molecule has 0 aromatic heterocycles. The molecule has 0 bridgehead atoms. The van der Waals surface area contributed by atoms with Crippen molar-refractivity contribution in [2.45, 2.75) is 44.8 Å². The maximum atomic E-state index is 11.3. The number of ether oxygens (including phenoxy) is 3. The minimum absolute atomic E-state index is 0.225. The predicted molar refractivity (Wildman–Crippen MR) is 71.0 cm³/mol. The monoisotopic (exact) mass is 264 g/mol. The number of hydrogen-bond donors (Lipinski definition) is 0. The first kappa shape index (κ1) is 13.7. The van der Waals surface area contributed by atoms with Gasteiger partial charge in [-0.2, -0.15) is 0 Å². The molecule has 0 amide bonds. The van der Waals surface area contributed by atoms with E-state index in [1.807, 2.05) is 6.08 Å². The first-order valence-electron chi connectivity index (χ1n) is 6.78. The van der Waals surface area contributed by atoms with E-state index in [1.165, 1.54) is 0 Å². The van der Waals surface area contributed by atoms with Crippen molar-refractivity contribution in [3.63, 3.8) is 0 Å². The van der Waals surface area contributed by atoms with E-state index in [-0.39, 0.29) is 6.61 Å². The lowest BCUT2D eigenvalue weighted by Crippen LogP contribution is -2.25. The Kier molecular flexibility index (Phi) is 5.07. The quantitative estimate of drug-likeness (QED) is 0.402. The molecule has 0 aromatic rings. The molecule has 2 rings (SSSR count). The Balaban J connectivity index is 1.84. The van der Waals surface area contributed by atoms with E-state index >= 15 is 0 Å². The second-order valence-electron chi connectivity index (χ2n) is 4.62. The van der Waals surface area contributed by atoms with E-state index in [0.717, 1.165) is 56.1 Å². The average Bonchev–Trinajstić information content (AvgIpc) is 3.08. The molecule has 4 nitrogen and oxygen atoms in total. The third kappa shape index (κ3) is 4.47. The molecule has 2 aliphatic rings. The zero-order chi connectivity index (χ0) is 13.5. The molecule has 0 N–H and O–H groups in total. The smallest absolute Gasteiger partial charge is 0.333 e. The molecule has 0 saturated heterocycles. The zero-order valence-electron chi connectivity index (χ0n) is 11.1. The molecular weight excluding hydrogens is 244 g/mol. The van der Waals surface area contributed by atoms with Crippen LogP contribution in [0.2, 0.25) is 0 Å². The van der Waals surface area contributed by atoms with Crippen LogP contribution in [-0.2, 0) is 19.0 Å². The van der Waals surface area contributed by atoms with Crippen LogP contribution in [0.15, 0.2) is 36.3 Å². The van der Waals surface area contributed by atoms with Crippen molar-refractivity contribution >= 4 is 5.97 Å². The third-order valence-corrected chi connectivity index (χ3v) is 3.10. The van der Waals surface area contributed by atoms with Gasteiger partial charge in [0.1, 0.15) is 0 Å². The van der Waals surface area contributed by atoms with Gasteiger partial charge >= 0.3 is 5.97 Å². The standard InChI is InChI=1S/C15H20O4/c1-2-14(16)19-15(18-13-9-5-6-10-13)11-17-12-7-3-4-8-12/h2,7,9,15H,1,3-6,8,10-11H2. The van der Waals surface area contributed by atoms with Gasteiger partial charge in [-0.1, -0.05) is 6.58 Å². The third-order valence-electron chi connectivity index (χ3n) is 3.10. The van der Waals surface area contributed by atoms with Crippen LogP contribution >= 0.6 is 0 Å². The van der Waals surface area contributed by atoms with E-state index in [2.05, 4.69) is 12.7 Å². The lowest BCUT2D eigenvalue weighted by molar-refractivity contribution is -0.173. The minimum atomic E-state index is -0.698. The summed E-state index contributed by atoms with van der Waals surface area (Å²) in [5.41, 5.74) is 0. The first-order valence-corrected chi connectivity index (χ1v) is 6.78. The number of allylic oxidation sites excluding steroid dienone is 4. The molecule has 0 radical (unpaired) electrons. The number of hydrogen-bond acceptors (Lipinski definition) is 4. The molecule has 19 heavy (non-hydrogen) atoms. The molecule has 0 spiro atoms. The topological polar surface area (TPSA) is 44.8 Å². The van der Waals surface area contributed by atoms with Gasteiger partial charge in [0.15, 0.2) is 6.61 Å². The average molecular weight is 264 g/mol. The second kappa shape index (κ2) is 7.02. The van der Waals surface area contributed by atoms with Crippen molar-refractivity contribution < 1.29 is 19.0 Å². The van der Waals surface area contributed by atoms with Gasteiger partial charge in [-0.05, 0) is 37.8 Å². The predicted octanol–water partition coefficient (Wildman–Crippen LogP) is 3.21. The summed E-state index contributed by atoms with van der Waals surface area (Å²) in [7, 11) is 0. The fourth-order valence-electron chi connectivity index (χ4n) is 2.13. The molecule has 2 aliphatic carbocycles. The highest BCUT2D eigenvalue weighted by Crippen LogP contribution is 2.22. The summed E-state index contributed by atoms with van der Waals surface area (Å²) in [6.45, 7) is 3.61. The van der Waals surface area contributed by atoms with Gasteiger partial charge in [-0.15, -0.1) is 0 Å². The van der Waals surface area contributed by atoms with Crippen LogP contribution < -0.4 is 0 Å². The maximum Gasteiger partial charge on any atom is 0.333 e. The summed E-state index contributed by atoms with van der Waals surface area (Å²) >= 11 is 0. The Bertz CT molecular complexity index is 395. The SMILES string of the molecule is C=CC(=O)OC(COC1=CCCC1)OC1=CCCC1. The highest BCUT2D eigenvalue weighted by molar-refractivity contribution is 5.81. The number of esters is 1. The summed E-state index contributed by atoms with van der Waals surface area (Å²) in [5, 5.41) is 0. The van der Waals surface area contributed by atoms with Gasteiger partial charge < -0.3 is 14.2 Å². The zero-order valence-corrected chi connectivity index (χ0v) is 11.1. The van der Waals surface area contributed by atoms with Gasteiger partial charge in [0.05, 0.1) is 11.5 Å². The first-order chi connectivity index (χ1) is 9.28. The van der Waals surface area contributed by atoms with Gasteiger partial charge in [-0.25, -0.2) is 4.79 Å². The largest absolute Gasteiger partial charge is 0.490 e. The number of carbonyl (C=O) groups excluding carboxylic acids is 1. The highest BCUT2D eigenvalue weighted by atomic mass is 16.7. The van der Waals surface area contributed by atoms with Gasteiger partial charge in [-0.3, -0.25) is 0 Å². The van der Waals surface area contributed by atoms with Crippen LogP contribution in [0.5, 0.6) is 0 Å². The summed E-state index contributed by atoms with van der Waals surface area (Å²) < 4.78 is 16.4. The van der Waals surface area contributed by atoms with Crippen molar-refractivity contribution in [2.24, 2.45) is 0 Å². The normalized spacial score (nSPS) is 19.4. The molecule has 0 aromatic carbocycles. The maximum absolute atomic E-state index is 11.3. The van der Waals surface area contributed by atoms with E-state index < -0.39 is 12.3 Å². The van der Waals surface area contributed by atoms with E-state index in [4.69, 9.17) is 14.2 Å². The van der Waals surface area contributed by atoms with Crippen LogP contribution in [0.3, 0.4) is 0 Å². The van der Waals surface area contributed by atoms with E-state index in [1.54, 1.807) is 0 Å². The molecule has 1 atom stereocenters. The highest BCUT2D eigenvalue weighted by Gasteiger charge is 2.19. The molecule has 1 unspecified atom stereocenters. The van der Waals surface area contributed by atoms with Gasteiger partial charge in [0.2, 0.25) is 0 Å². The fraction of sp³-hybridized carbons (Fsp3) is 0.533. The van der Waals surface area contributed by atoms with Gasteiger partial charge in [0, 0.05) is 18.9 Å². The van der Waals surface area contributed by atoms with Crippen molar-refractivity contribution in [3.05, 3.63) is 36.3 Å². The fourth-order valence-corrected chi connectivity index (χ4v) is 2.13. The second-order valence-corrected chi connectivity index (χ2v) is 4.62. The van der Waals surface area contributed by atoms with Crippen LogP contribution in [0.4, 0.5) is 0 Å². The molecular formula is C15H20O4. The lowest BCUT2D eigenvalue weighted by atomic mass is 10.3. The summed E-state index contributed by atoms with van der Waals surface area (Å²) in [6, 6.07) is 0. The van der Waals surface area contributed by atoms with Crippen molar-refractivity contribution in [2.75, 3.05) is 6.61 Å². The van der Waals surface area contributed by atoms with Crippen molar-refractivity contribution in [1.29, 1.82) is 0 Å². The van der Waals surface area contributed by atoms with Crippen LogP contribution in [0.25, 0.3) is 0 Å². The summed E-state index contributed by atoms with van der Waals surface area (Å²) in [4.78, 5) is 11.3. The van der Waals surface area contributed by atoms with Gasteiger partial charge in [0.25, 0.3) is 6.29 Å². The van der Waals surface area contributed by atoms with Crippen LogP contribution in [0, 0.1) is 0 Å². The molecule has 0 aliphatic heterocycles. The molecule has 104 valence electrons. The lowest BCUT2D eigenvalue weighted by Gasteiger charge is -2.20. The number of rotatable bonds is 7. The van der Waals surface area contributed by atoms with Crippen molar-refractivity contribution in [3.8, 4) is 0 Å². The Morgan fingerprint density at radius 1 is 1.26 bits per heavy atom. The molecule has 0 heterocycles. The van der Waals surface area contributed by atoms with Crippen molar-refractivity contribution in [1.82, 2.24) is 0 Å². The van der Waals surface area contributed by atoms with Crippen LogP contribution in [0.1, 0.15) is 38.5 Å². The molecule has 4 heteroatoms. The Morgan fingerprint density at radius 3 is 2.53 bits per heavy atom.